The second kappa shape index (κ2) is 15.9. The number of hydrogen-bond donors (Lipinski definition) is 1. The van der Waals surface area contributed by atoms with Crippen molar-refractivity contribution in [3.05, 3.63) is 131 Å². The molecule has 1 N–H and O–H groups in total. The van der Waals surface area contributed by atoms with E-state index in [1.54, 1.807) is 54.6 Å². The van der Waals surface area contributed by atoms with Gasteiger partial charge in [-0.25, -0.2) is 8.42 Å². The Kier molecular flexibility index (Phi) is 12.0. The first-order chi connectivity index (χ1) is 22.0. The molecule has 4 rings (SSSR count). The molecule has 4 aromatic carbocycles. The summed E-state index contributed by atoms with van der Waals surface area (Å²) in [5.74, 6) is -0.378. The number of benzene rings is 4. The van der Waals surface area contributed by atoms with Crippen molar-refractivity contribution in [1.82, 2.24) is 10.2 Å². The van der Waals surface area contributed by atoms with Crippen LogP contribution in [0.5, 0.6) is 0 Å². The lowest BCUT2D eigenvalue weighted by Gasteiger charge is -2.34. The van der Waals surface area contributed by atoms with Crippen LogP contribution in [0, 0.1) is 5.92 Å². The first kappa shape index (κ1) is 34.7. The van der Waals surface area contributed by atoms with Gasteiger partial charge in [0.15, 0.2) is 0 Å². The number of carbonyl (C=O) groups is 2. The summed E-state index contributed by atoms with van der Waals surface area (Å²) in [5, 5.41) is 3.55. The Morgan fingerprint density at radius 2 is 1.35 bits per heavy atom. The number of hydrogen-bond acceptors (Lipinski definition) is 4. The zero-order valence-corrected chi connectivity index (χ0v) is 28.3. The summed E-state index contributed by atoms with van der Waals surface area (Å²) < 4.78 is 29.4. The predicted molar refractivity (Wildman–Crippen MR) is 185 cm³/mol. The predicted octanol–water partition coefficient (Wildman–Crippen LogP) is 7.07. The fourth-order valence-corrected chi connectivity index (χ4v) is 6.60. The summed E-state index contributed by atoms with van der Waals surface area (Å²) in [4.78, 5) is 30.0. The van der Waals surface area contributed by atoms with Gasteiger partial charge in [0.1, 0.15) is 12.6 Å². The molecule has 9 heteroatoms. The Morgan fingerprint density at radius 1 is 0.761 bits per heavy atom. The van der Waals surface area contributed by atoms with Gasteiger partial charge in [-0.15, -0.1) is 0 Å². The van der Waals surface area contributed by atoms with Crippen LogP contribution in [0.2, 0.25) is 5.02 Å². The van der Waals surface area contributed by atoms with E-state index in [1.165, 1.54) is 17.0 Å². The third kappa shape index (κ3) is 9.21. The van der Waals surface area contributed by atoms with Crippen molar-refractivity contribution >= 4 is 39.1 Å². The van der Waals surface area contributed by atoms with Crippen LogP contribution in [0.1, 0.15) is 50.3 Å². The van der Waals surface area contributed by atoms with E-state index in [1.807, 2.05) is 56.3 Å². The number of nitrogens with zero attached hydrogens (tertiary/aromatic N) is 2. The van der Waals surface area contributed by atoms with E-state index in [4.69, 9.17) is 11.6 Å². The van der Waals surface area contributed by atoms with Crippen LogP contribution in [0.15, 0.2) is 114 Å². The van der Waals surface area contributed by atoms with Crippen LogP contribution in [0.25, 0.3) is 0 Å². The maximum absolute atomic E-state index is 14.5. The Hall–Kier alpha value is -4.14. The molecule has 0 bridgehead atoms. The number of carbonyl (C=O) groups excluding carboxylic acids is 2. The van der Waals surface area contributed by atoms with Gasteiger partial charge in [0.05, 0.1) is 10.6 Å². The standard InChI is InChI=1S/C37H42ClN3O4S/c1-27(2)24-39-37(43)35(23-29-11-7-5-8-12-29)40(25-30-15-19-32(38)20-16-30)36(42)26-41(33-21-17-31(18-22-33)28(3)4)46(44,45)34-13-9-6-10-14-34/h5-22,27-28,35H,23-26H2,1-4H3,(H,39,43)/t35-/m1/s1. The number of halogens is 1. The fraction of sp³-hybridized carbons (Fsp3) is 0.297. The second-order valence-corrected chi connectivity index (χ2v) is 14.4. The number of rotatable bonds is 14. The molecule has 7 nitrogen and oxygen atoms in total. The smallest absolute Gasteiger partial charge is 0.264 e. The van der Waals surface area contributed by atoms with Crippen molar-refractivity contribution in [2.75, 3.05) is 17.4 Å². The maximum atomic E-state index is 14.5. The van der Waals surface area contributed by atoms with Crippen molar-refractivity contribution in [3.8, 4) is 0 Å². The van der Waals surface area contributed by atoms with Crippen molar-refractivity contribution in [2.24, 2.45) is 5.92 Å². The monoisotopic (exact) mass is 659 g/mol. The van der Waals surface area contributed by atoms with Gasteiger partial charge in [-0.1, -0.05) is 112 Å². The highest BCUT2D eigenvalue weighted by Gasteiger charge is 2.34. The molecule has 0 aromatic heterocycles. The van der Waals surface area contributed by atoms with Crippen molar-refractivity contribution in [1.29, 1.82) is 0 Å². The highest BCUT2D eigenvalue weighted by atomic mass is 35.5. The molecular formula is C37H42ClN3O4S. The lowest BCUT2D eigenvalue weighted by Crippen LogP contribution is -2.53. The average molecular weight is 660 g/mol. The SMILES string of the molecule is CC(C)CNC(=O)[C@@H](Cc1ccccc1)N(Cc1ccc(Cl)cc1)C(=O)CN(c1ccc(C(C)C)cc1)S(=O)(=O)c1ccccc1. The van der Waals surface area contributed by atoms with Crippen LogP contribution in [-0.2, 0) is 32.6 Å². The van der Waals surface area contributed by atoms with E-state index in [-0.39, 0.29) is 35.6 Å². The van der Waals surface area contributed by atoms with Crippen molar-refractivity contribution in [2.45, 2.75) is 57.5 Å². The van der Waals surface area contributed by atoms with E-state index >= 15 is 0 Å². The molecule has 0 aliphatic carbocycles. The van der Waals surface area contributed by atoms with Gasteiger partial charge in [0.25, 0.3) is 10.0 Å². The Balaban J connectivity index is 1.79. The molecule has 0 saturated heterocycles. The maximum Gasteiger partial charge on any atom is 0.264 e. The van der Waals surface area contributed by atoms with Crippen LogP contribution in [-0.4, -0.2) is 44.3 Å². The molecule has 1 atom stereocenters. The zero-order chi connectivity index (χ0) is 33.3. The summed E-state index contributed by atoms with van der Waals surface area (Å²) in [6.45, 7) is 8.12. The quantitative estimate of drug-likeness (QED) is 0.157. The van der Waals surface area contributed by atoms with Crippen LogP contribution >= 0.6 is 11.6 Å². The molecular weight excluding hydrogens is 618 g/mol. The summed E-state index contributed by atoms with van der Waals surface area (Å²) in [5.41, 5.74) is 3.03. The van der Waals surface area contributed by atoms with Crippen LogP contribution < -0.4 is 9.62 Å². The Labute approximate surface area is 278 Å². The van der Waals surface area contributed by atoms with Crippen LogP contribution in [0.3, 0.4) is 0 Å². The lowest BCUT2D eigenvalue weighted by atomic mass is 10.0. The summed E-state index contributed by atoms with van der Waals surface area (Å²) in [6, 6.07) is 30.9. The fourth-order valence-electron chi connectivity index (χ4n) is 5.04. The van der Waals surface area contributed by atoms with Crippen molar-refractivity contribution in [3.63, 3.8) is 0 Å². The molecule has 0 spiro atoms. The van der Waals surface area contributed by atoms with E-state index in [0.29, 0.717) is 17.3 Å². The molecule has 242 valence electrons. The number of anilines is 1. The minimum absolute atomic E-state index is 0.0653. The summed E-state index contributed by atoms with van der Waals surface area (Å²) in [7, 11) is -4.15. The topological polar surface area (TPSA) is 86.8 Å². The highest BCUT2D eigenvalue weighted by Crippen LogP contribution is 2.27. The Bertz CT molecular complexity index is 1680. The molecule has 0 radical (unpaired) electrons. The molecule has 0 heterocycles. The molecule has 2 amide bonds. The molecule has 0 aliphatic rings. The molecule has 0 saturated carbocycles. The lowest BCUT2D eigenvalue weighted by molar-refractivity contribution is -0.140. The Morgan fingerprint density at radius 3 is 1.91 bits per heavy atom. The molecule has 0 unspecified atom stereocenters. The summed E-state index contributed by atoms with van der Waals surface area (Å²) in [6.07, 6.45) is 0.249. The molecule has 4 aromatic rings. The second-order valence-electron chi connectivity index (χ2n) is 12.1. The van der Waals surface area contributed by atoms with Crippen LogP contribution in [0.4, 0.5) is 5.69 Å². The molecule has 0 aliphatic heterocycles. The van der Waals surface area contributed by atoms with Gasteiger partial charge in [-0.05, 0) is 64.9 Å². The third-order valence-electron chi connectivity index (χ3n) is 7.68. The largest absolute Gasteiger partial charge is 0.354 e. The third-order valence-corrected chi connectivity index (χ3v) is 9.72. The minimum Gasteiger partial charge on any atom is -0.354 e. The van der Waals surface area contributed by atoms with Gasteiger partial charge in [-0.3, -0.25) is 13.9 Å². The number of sulfonamides is 1. The van der Waals surface area contributed by atoms with E-state index in [0.717, 1.165) is 21.0 Å². The zero-order valence-electron chi connectivity index (χ0n) is 26.8. The first-order valence-corrected chi connectivity index (χ1v) is 17.3. The van der Waals surface area contributed by atoms with Gasteiger partial charge >= 0.3 is 0 Å². The molecule has 0 fully saturated rings. The van der Waals surface area contributed by atoms with Crippen molar-refractivity contribution < 1.29 is 18.0 Å². The number of nitrogens with one attached hydrogen (secondary N) is 1. The number of amides is 2. The van der Waals surface area contributed by atoms with Gasteiger partial charge in [-0.2, -0.15) is 0 Å². The van der Waals surface area contributed by atoms with E-state index in [2.05, 4.69) is 19.2 Å². The summed E-state index contributed by atoms with van der Waals surface area (Å²) >= 11 is 6.16. The van der Waals surface area contributed by atoms with Gasteiger partial charge in [0.2, 0.25) is 11.8 Å². The van der Waals surface area contributed by atoms with Gasteiger partial charge in [0, 0.05) is 24.5 Å². The first-order valence-electron chi connectivity index (χ1n) is 15.5. The minimum atomic E-state index is -4.15. The van der Waals surface area contributed by atoms with E-state index in [9.17, 15) is 18.0 Å². The normalized spacial score (nSPS) is 12.2. The van der Waals surface area contributed by atoms with E-state index < -0.39 is 28.5 Å². The molecule has 46 heavy (non-hydrogen) atoms. The highest BCUT2D eigenvalue weighted by molar-refractivity contribution is 7.92. The average Bonchev–Trinajstić information content (AvgIpc) is 3.05. The van der Waals surface area contributed by atoms with Gasteiger partial charge < -0.3 is 10.2 Å².